The zero-order valence-electron chi connectivity index (χ0n) is 11.3. The van der Waals surface area contributed by atoms with E-state index in [1.54, 1.807) is 11.3 Å². The summed E-state index contributed by atoms with van der Waals surface area (Å²) in [5.74, 6) is 0. The average molecular weight is 280 g/mol. The van der Waals surface area contributed by atoms with Crippen LogP contribution in [0.4, 0.5) is 0 Å². The van der Waals surface area contributed by atoms with Crippen LogP contribution >= 0.6 is 11.3 Å². The van der Waals surface area contributed by atoms with Gasteiger partial charge in [-0.1, -0.05) is 6.07 Å². The van der Waals surface area contributed by atoms with E-state index in [-0.39, 0.29) is 6.10 Å². The van der Waals surface area contributed by atoms with Gasteiger partial charge >= 0.3 is 0 Å². The van der Waals surface area contributed by atoms with Crippen molar-refractivity contribution < 1.29 is 5.11 Å². The molecule has 19 heavy (non-hydrogen) atoms. The number of nitrogens with one attached hydrogen (secondary N) is 2. The van der Waals surface area contributed by atoms with Crippen molar-refractivity contribution in [2.24, 2.45) is 0 Å². The van der Waals surface area contributed by atoms with Gasteiger partial charge in [-0.15, -0.1) is 11.3 Å². The van der Waals surface area contributed by atoms with Crippen LogP contribution in [0.5, 0.6) is 0 Å². The first-order chi connectivity index (χ1) is 9.16. The van der Waals surface area contributed by atoms with Gasteiger partial charge in [0.15, 0.2) is 0 Å². The summed E-state index contributed by atoms with van der Waals surface area (Å²) < 4.78 is 0. The molecule has 1 unspecified atom stereocenters. The van der Waals surface area contributed by atoms with E-state index >= 15 is 0 Å². The van der Waals surface area contributed by atoms with Gasteiger partial charge in [-0.2, -0.15) is 5.10 Å². The molecule has 2 heterocycles. The van der Waals surface area contributed by atoms with Gasteiger partial charge in [0, 0.05) is 25.2 Å². The zero-order valence-corrected chi connectivity index (χ0v) is 12.1. The molecule has 3 N–H and O–H groups in total. The summed E-state index contributed by atoms with van der Waals surface area (Å²) in [6.45, 7) is 1.94. The summed E-state index contributed by atoms with van der Waals surface area (Å²) in [6, 6.07) is 4.10. The Kier molecular flexibility index (Phi) is 5.09. The summed E-state index contributed by atoms with van der Waals surface area (Å²) in [5.41, 5.74) is 2.18. The fourth-order valence-corrected chi connectivity index (χ4v) is 2.69. The number of hydrogen-bond donors (Lipinski definition) is 3. The first kappa shape index (κ1) is 14.2. The second-order valence-electron chi connectivity index (χ2n) is 4.79. The number of H-pyrrole nitrogens is 1. The van der Waals surface area contributed by atoms with Crippen LogP contribution in [0.3, 0.4) is 0 Å². The third kappa shape index (κ3) is 4.14. The Bertz CT molecular complexity index is 481. The number of aromatic amines is 1. The molecule has 2 aromatic rings. The Labute approximate surface area is 117 Å². The number of aliphatic hydroxyl groups is 1. The molecule has 1 atom stereocenters. The van der Waals surface area contributed by atoms with Crippen molar-refractivity contribution in [1.29, 1.82) is 0 Å². The van der Waals surface area contributed by atoms with Crippen molar-refractivity contribution >= 4 is 11.3 Å². The number of likely N-dealkylation sites (N-methyl/N-ethyl adjacent to an activating group) is 1. The molecule has 104 valence electrons. The predicted molar refractivity (Wildman–Crippen MR) is 78.2 cm³/mol. The fourth-order valence-electron chi connectivity index (χ4n) is 1.94. The molecule has 0 aliphatic carbocycles. The average Bonchev–Trinajstić information content (AvgIpc) is 2.96. The van der Waals surface area contributed by atoms with Crippen LogP contribution in [-0.2, 0) is 6.54 Å². The predicted octanol–water partition coefficient (Wildman–Crippen LogP) is 1.15. The Morgan fingerprint density at radius 1 is 1.53 bits per heavy atom. The minimum Gasteiger partial charge on any atom is -0.390 e. The first-order valence-corrected chi connectivity index (χ1v) is 7.14. The van der Waals surface area contributed by atoms with Crippen LogP contribution in [0.1, 0.15) is 5.56 Å². The van der Waals surface area contributed by atoms with E-state index in [0.29, 0.717) is 19.6 Å². The lowest BCUT2D eigenvalue weighted by molar-refractivity contribution is 0.134. The normalized spacial score (nSPS) is 13.1. The maximum absolute atomic E-state index is 9.78. The van der Waals surface area contributed by atoms with Crippen molar-refractivity contribution in [3.8, 4) is 10.6 Å². The van der Waals surface area contributed by atoms with E-state index in [1.807, 2.05) is 36.6 Å². The number of thiophene rings is 1. The van der Waals surface area contributed by atoms with E-state index in [0.717, 1.165) is 11.3 Å². The van der Waals surface area contributed by atoms with E-state index in [9.17, 15) is 5.11 Å². The largest absolute Gasteiger partial charge is 0.390 e. The van der Waals surface area contributed by atoms with E-state index < -0.39 is 0 Å². The number of hydrogen-bond acceptors (Lipinski definition) is 5. The molecular formula is C13H20N4OS. The molecule has 2 aromatic heterocycles. The summed E-state index contributed by atoms with van der Waals surface area (Å²) in [6.07, 6.45) is 1.48. The number of rotatable bonds is 7. The minimum atomic E-state index is -0.355. The van der Waals surface area contributed by atoms with Crippen molar-refractivity contribution in [3.05, 3.63) is 29.3 Å². The number of nitrogens with zero attached hydrogens (tertiary/aromatic N) is 2. The Morgan fingerprint density at radius 3 is 3.05 bits per heavy atom. The second kappa shape index (κ2) is 6.81. The van der Waals surface area contributed by atoms with Gasteiger partial charge in [-0.25, -0.2) is 0 Å². The summed E-state index contributed by atoms with van der Waals surface area (Å²) in [7, 11) is 3.91. The van der Waals surface area contributed by atoms with Crippen LogP contribution in [0.2, 0.25) is 0 Å². The molecule has 0 aliphatic heterocycles. The summed E-state index contributed by atoms with van der Waals surface area (Å²) in [5, 5.41) is 22.2. The maximum Gasteiger partial charge on any atom is 0.0794 e. The number of aromatic nitrogens is 2. The molecule has 0 saturated carbocycles. The van der Waals surface area contributed by atoms with Crippen molar-refractivity contribution in [2.75, 3.05) is 27.2 Å². The third-order valence-corrected chi connectivity index (χ3v) is 3.64. The molecule has 0 aliphatic rings. The molecule has 0 bridgehead atoms. The second-order valence-corrected chi connectivity index (χ2v) is 5.74. The highest BCUT2D eigenvalue weighted by molar-refractivity contribution is 7.13. The molecule has 0 fully saturated rings. The fraction of sp³-hybridized carbons (Fsp3) is 0.462. The standard InChI is InChI=1S/C13H20N4OS/c1-17(2)9-11(18)8-14-6-10-7-15-16-13(10)12-4-3-5-19-12/h3-5,7,11,14,18H,6,8-9H2,1-2H3,(H,15,16). The van der Waals surface area contributed by atoms with Crippen molar-refractivity contribution in [3.63, 3.8) is 0 Å². The molecule has 0 spiro atoms. The highest BCUT2D eigenvalue weighted by Crippen LogP contribution is 2.25. The van der Waals surface area contributed by atoms with Gasteiger partial charge in [0.05, 0.1) is 22.9 Å². The van der Waals surface area contributed by atoms with Gasteiger partial charge in [0.2, 0.25) is 0 Å². The Morgan fingerprint density at radius 2 is 2.37 bits per heavy atom. The summed E-state index contributed by atoms with van der Waals surface area (Å²) in [4.78, 5) is 3.16. The van der Waals surface area contributed by atoms with Gasteiger partial charge in [0.25, 0.3) is 0 Å². The maximum atomic E-state index is 9.78. The Balaban J connectivity index is 1.86. The monoisotopic (exact) mass is 280 g/mol. The molecule has 0 saturated heterocycles. The smallest absolute Gasteiger partial charge is 0.0794 e. The van der Waals surface area contributed by atoms with E-state index in [2.05, 4.69) is 21.6 Å². The zero-order chi connectivity index (χ0) is 13.7. The van der Waals surface area contributed by atoms with E-state index in [4.69, 9.17) is 0 Å². The van der Waals surface area contributed by atoms with Crippen LogP contribution in [0, 0.1) is 0 Å². The molecule has 0 radical (unpaired) electrons. The van der Waals surface area contributed by atoms with Crippen LogP contribution in [-0.4, -0.2) is 53.5 Å². The highest BCUT2D eigenvalue weighted by atomic mass is 32.1. The van der Waals surface area contributed by atoms with Crippen molar-refractivity contribution in [1.82, 2.24) is 20.4 Å². The third-order valence-electron chi connectivity index (χ3n) is 2.76. The SMILES string of the molecule is CN(C)CC(O)CNCc1cn[nH]c1-c1cccs1. The minimum absolute atomic E-state index is 0.355. The molecule has 6 heteroatoms. The number of aliphatic hydroxyl groups excluding tert-OH is 1. The molecular weight excluding hydrogens is 260 g/mol. The van der Waals surface area contributed by atoms with Gasteiger partial charge < -0.3 is 15.3 Å². The molecule has 2 rings (SSSR count). The molecule has 5 nitrogen and oxygen atoms in total. The highest BCUT2D eigenvalue weighted by Gasteiger charge is 2.09. The van der Waals surface area contributed by atoms with Crippen LogP contribution < -0.4 is 5.32 Å². The molecule has 0 aromatic carbocycles. The quantitative estimate of drug-likeness (QED) is 0.712. The molecule has 0 amide bonds. The topological polar surface area (TPSA) is 64.2 Å². The summed E-state index contributed by atoms with van der Waals surface area (Å²) >= 11 is 1.69. The lowest BCUT2D eigenvalue weighted by Gasteiger charge is -2.16. The van der Waals surface area contributed by atoms with Crippen molar-refractivity contribution in [2.45, 2.75) is 12.6 Å². The van der Waals surface area contributed by atoms with Crippen LogP contribution in [0.25, 0.3) is 10.6 Å². The lowest BCUT2D eigenvalue weighted by atomic mass is 10.2. The van der Waals surface area contributed by atoms with Gasteiger partial charge in [-0.05, 0) is 25.5 Å². The Hall–Kier alpha value is -1.21. The van der Waals surface area contributed by atoms with Gasteiger partial charge in [0.1, 0.15) is 0 Å². The lowest BCUT2D eigenvalue weighted by Crippen LogP contribution is -2.34. The van der Waals surface area contributed by atoms with Crippen LogP contribution in [0.15, 0.2) is 23.7 Å². The first-order valence-electron chi connectivity index (χ1n) is 6.26. The van der Waals surface area contributed by atoms with Gasteiger partial charge in [-0.3, -0.25) is 5.10 Å². The van der Waals surface area contributed by atoms with E-state index in [1.165, 1.54) is 4.88 Å².